The highest BCUT2D eigenvalue weighted by Crippen LogP contribution is 2.27. The molecule has 0 bridgehead atoms. The second kappa shape index (κ2) is 6.67. The molecule has 0 spiro atoms. The van der Waals surface area contributed by atoms with Gasteiger partial charge in [-0.25, -0.2) is 9.78 Å². The highest BCUT2D eigenvalue weighted by atomic mass is 32.2. The van der Waals surface area contributed by atoms with Crippen LogP contribution < -0.4 is 5.69 Å². The van der Waals surface area contributed by atoms with E-state index >= 15 is 0 Å². The highest BCUT2D eigenvalue weighted by Gasteiger charge is 2.33. The number of hydrogen-bond donors (Lipinski definition) is 1. The van der Waals surface area contributed by atoms with Gasteiger partial charge in [-0.3, -0.25) is 0 Å². The predicted octanol–water partition coefficient (Wildman–Crippen LogP) is 0.536. The Morgan fingerprint density at radius 1 is 1.43 bits per heavy atom. The summed E-state index contributed by atoms with van der Waals surface area (Å²) in [5.41, 5.74) is 0.366. The van der Waals surface area contributed by atoms with E-state index in [1.807, 2.05) is 13.8 Å². The van der Waals surface area contributed by atoms with Crippen molar-refractivity contribution in [2.75, 3.05) is 26.2 Å². The monoisotopic (exact) mass is 314 g/mol. The lowest BCUT2D eigenvalue weighted by molar-refractivity contribution is 0.285. The van der Waals surface area contributed by atoms with E-state index in [0.29, 0.717) is 26.2 Å². The summed E-state index contributed by atoms with van der Waals surface area (Å²) < 4.78 is 28.1. The van der Waals surface area contributed by atoms with E-state index < -0.39 is 15.9 Å². The van der Waals surface area contributed by atoms with Crippen molar-refractivity contribution in [3.63, 3.8) is 0 Å². The van der Waals surface area contributed by atoms with Gasteiger partial charge in [-0.15, -0.1) is 0 Å². The summed E-state index contributed by atoms with van der Waals surface area (Å²) in [7, 11) is -3.42. The zero-order valence-corrected chi connectivity index (χ0v) is 13.3. The predicted molar refractivity (Wildman–Crippen MR) is 80.2 cm³/mol. The van der Waals surface area contributed by atoms with Crippen molar-refractivity contribution in [3.8, 4) is 0 Å². The molecule has 1 fully saturated rings. The van der Waals surface area contributed by atoms with Gasteiger partial charge in [0.1, 0.15) is 0 Å². The number of piperidine rings is 1. The Morgan fingerprint density at radius 2 is 2.14 bits per heavy atom. The normalized spacial score (nSPS) is 20.8. The third-order valence-corrected chi connectivity index (χ3v) is 6.03. The first-order valence-corrected chi connectivity index (χ1v) is 8.69. The summed E-state index contributed by atoms with van der Waals surface area (Å²) in [6.45, 7) is 5.53. The summed E-state index contributed by atoms with van der Waals surface area (Å²) in [6.07, 6.45) is 3.12. The third-order valence-electron chi connectivity index (χ3n) is 3.88. The minimum atomic E-state index is -3.42. The Balaban J connectivity index is 2.19. The van der Waals surface area contributed by atoms with Gasteiger partial charge in [-0.1, -0.05) is 13.8 Å². The molecule has 1 saturated heterocycles. The molecule has 1 N–H and O–H groups in total. The summed E-state index contributed by atoms with van der Waals surface area (Å²) in [5.74, 6) is 0.0137. The van der Waals surface area contributed by atoms with E-state index in [0.717, 1.165) is 18.5 Å². The molecule has 2 rings (SSSR count). The number of nitrogens with one attached hydrogen (secondary N) is 1. The molecule has 8 heteroatoms. The molecule has 2 heterocycles. The van der Waals surface area contributed by atoms with Crippen molar-refractivity contribution >= 4 is 10.2 Å². The molecule has 0 aliphatic carbocycles. The Labute approximate surface area is 125 Å². The van der Waals surface area contributed by atoms with Crippen LogP contribution in [0.25, 0.3) is 0 Å². The van der Waals surface area contributed by atoms with Gasteiger partial charge in [0.25, 0.3) is 10.2 Å². The number of hydrogen-bond acceptors (Lipinski definition) is 4. The van der Waals surface area contributed by atoms with Gasteiger partial charge in [-0.2, -0.15) is 17.0 Å². The molecule has 1 aromatic rings. The average Bonchev–Trinajstić information content (AvgIpc) is 2.48. The topological polar surface area (TPSA) is 86.4 Å². The lowest BCUT2D eigenvalue weighted by atomic mass is 9.96. The van der Waals surface area contributed by atoms with Crippen LogP contribution in [-0.4, -0.2) is 53.2 Å². The summed E-state index contributed by atoms with van der Waals surface area (Å²) in [6, 6.07) is 1.75. The zero-order chi connectivity index (χ0) is 15.5. The van der Waals surface area contributed by atoms with Crippen LogP contribution in [0, 0.1) is 0 Å². The largest absolute Gasteiger partial charge is 0.345 e. The molecule has 0 saturated carbocycles. The average molecular weight is 314 g/mol. The standard InChI is InChI=1S/C13H22N4O3S/c1-3-16(4-2)21(19,20)17-9-5-6-11(10-17)12-7-8-14-13(18)15-12/h7-8,11H,3-6,9-10H2,1-2H3,(H,14,15,18)/t11-/m0/s1. The van der Waals surface area contributed by atoms with Crippen LogP contribution in [-0.2, 0) is 10.2 Å². The van der Waals surface area contributed by atoms with Gasteiger partial charge < -0.3 is 4.98 Å². The molecular formula is C13H22N4O3S. The molecular weight excluding hydrogens is 292 g/mol. The van der Waals surface area contributed by atoms with Crippen molar-refractivity contribution in [2.24, 2.45) is 0 Å². The molecule has 118 valence electrons. The van der Waals surface area contributed by atoms with Crippen molar-refractivity contribution in [1.82, 2.24) is 18.6 Å². The first-order valence-electron chi connectivity index (χ1n) is 7.29. The maximum absolute atomic E-state index is 12.6. The van der Waals surface area contributed by atoms with Gasteiger partial charge in [-0.05, 0) is 18.9 Å². The third kappa shape index (κ3) is 3.50. The van der Waals surface area contributed by atoms with Crippen LogP contribution in [0.4, 0.5) is 0 Å². The van der Waals surface area contributed by atoms with E-state index in [4.69, 9.17) is 0 Å². The summed E-state index contributed by atoms with van der Waals surface area (Å²) in [4.78, 5) is 17.6. The van der Waals surface area contributed by atoms with Crippen molar-refractivity contribution in [3.05, 3.63) is 28.4 Å². The van der Waals surface area contributed by atoms with E-state index in [1.54, 1.807) is 6.07 Å². The lowest BCUT2D eigenvalue weighted by Crippen LogP contribution is -2.47. The number of rotatable bonds is 5. The highest BCUT2D eigenvalue weighted by molar-refractivity contribution is 7.86. The fraction of sp³-hybridized carbons (Fsp3) is 0.692. The second-order valence-corrected chi connectivity index (χ2v) is 7.05. The van der Waals surface area contributed by atoms with E-state index in [2.05, 4.69) is 9.97 Å². The smallest absolute Gasteiger partial charge is 0.309 e. The van der Waals surface area contributed by atoms with Crippen LogP contribution in [0.15, 0.2) is 17.1 Å². The molecule has 1 aliphatic rings. The zero-order valence-electron chi connectivity index (χ0n) is 12.4. The summed E-state index contributed by atoms with van der Waals surface area (Å²) in [5, 5.41) is 0. The van der Waals surface area contributed by atoms with Gasteiger partial charge in [0, 0.05) is 44.0 Å². The number of H-pyrrole nitrogens is 1. The molecule has 0 aromatic carbocycles. The van der Waals surface area contributed by atoms with Crippen molar-refractivity contribution in [2.45, 2.75) is 32.6 Å². The molecule has 0 radical (unpaired) electrons. The Morgan fingerprint density at radius 3 is 2.76 bits per heavy atom. The van der Waals surface area contributed by atoms with Gasteiger partial charge in [0.15, 0.2) is 0 Å². The number of aromatic nitrogens is 2. The minimum absolute atomic E-state index is 0.0137. The molecule has 0 amide bonds. The van der Waals surface area contributed by atoms with Crippen molar-refractivity contribution in [1.29, 1.82) is 0 Å². The molecule has 21 heavy (non-hydrogen) atoms. The van der Waals surface area contributed by atoms with Gasteiger partial charge >= 0.3 is 5.69 Å². The fourth-order valence-corrected chi connectivity index (χ4v) is 4.45. The SMILES string of the molecule is CCN(CC)S(=O)(=O)N1CCC[C@H](c2ccnc(=O)[nH]2)C1. The van der Waals surface area contributed by atoms with E-state index in [1.165, 1.54) is 14.8 Å². The molecule has 1 aliphatic heterocycles. The Kier molecular flexibility index (Phi) is 5.13. The van der Waals surface area contributed by atoms with Crippen LogP contribution >= 0.6 is 0 Å². The van der Waals surface area contributed by atoms with Crippen LogP contribution in [0.3, 0.4) is 0 Å². The fourth-order valence-electron chi connectivity index (χ4n) is 2.74. The Bertz CT molecular complexity index is 624. The molecule has 1 aromatic heterocycles. The second-order valence-electron chi connectivity index (χ2n) is 5.12. The van der Waals surface area contributed by atoms with Crippen LogP contribution in [0.5, 0.6) is 0 Å². The van der Waals surface area contributed by atoms with Crippen LogP contribution in [0.1, 0.15) is 38.3 Å². The molecule has 7 nitrogen and oxygen atoms in total. The lowest BCUT2D eigenvalue weighted by Gasteiger charge is -2.34. The van der Waals surface area contributed by atoms with Gasteiger partial charge in [0.05, 0.1) is 0 Å². The number of nitrogens with zero attached hydrogens (tertiary/aromatic N) is 3. The van der Waals surface area contributed by atoms with E-state index in [9.17, 15) is 13.2 Å². The maximum Gasteiger partial charge on any atom is 0.345 e. The first kappa shape index (κ1) is 16.1. The van der Waals surface area contributed by atoms with Crippen molar-refractivity contribution < 1.29 is 8.42 Å². The van der Waals surface area contributed by atoms with E-state index in [-0.39, 0.29) is 5.92 Å². The van der Waals surface area contributed by atoms with Crippen LogP contribution in [0.2, 0.25) is 0 Å². The summed E-state index contributed by atoms with van der Waals surface area (Å²) >= 11 is 0. The molecule has 1 atom stereocenters. The minimum Gasteiger partial charge on any atom is -0.309 e. The first-order chi connectivity index (χ1) is 9.98. The quantitative estimate of drug-likeness (QED) is 0.859. The van der Waals surface area contributed by atoms with Gasteiger partial charge in [0.2, 0.25) is 0 Å². The molecule has 0 unspecified atom stereocenters. The number of aromatic amines is 1. The maximum atomic E-state index is 12.6. The Hall–Kier alpha value is -1.25.